The normalized spacial score (nSPS) is 12.0. The Labute approximate surface area is 300 Å². The van der Waals surface area contributed by atoms with Crippen LogP contribution in [0.3, 0.4) is 0 Å². The average molecular weight is 757 g/mol. The summed E-state index contributed by atoms with van der Waals surface area (Å²) in [6.45, 7) is 0. The minimum atomic E-state index is -0.130. The van der Waals surface area contributed by atoms with Crippen molar-refractivity contribution in [3.05, 3.63) is 66.5 Å². The number of hydrogen-bond donors (Lipinski definition) is 6. The van der Waals surface area contributed by atoms with E-state index in [0.29, 0.717) is 47.6 Å². The highest BCUT2D eigenvalue weighted by Gasteiger charge is 2.18. The van der Waals surface area contributed by atoms with Crippen molar-refractivity contribution in [3.63, 3.8) is 0 Å². The van der Waals surface area contributed by atoms with Gasteiger partial charge in [-0.1, -0.05) is 0 Å². The molecule has 6 rings (SSSR count). The fraction of sp³-hybridized carbons (Fsp3) is 0.226. The van der Waals surface area contributed by atoms with Gasteiger partial charge in [-0.3, -0.25) is 14.4 Å². The van der Waals surface area contributed by atoms with Crippen molar-refractivity contribution in [2.24, 2.45) is 5.92 Å². The van der Waals surface area contributed by atoms with Gasteiger partial charge in [0.05, 0.1) is 30.6 Å². The molecule has 242 valence electrons. The summed E-state index contributed by atoms with van der Waals surface area (Å²) >= 11 is 21.6. The molecule has 3 amide bonds. The lowest BCUT2D eigenvalue weighted by molar-refractivity contribution is -0.118. The van der Waals surface area contributed by atoms with Crippen LogP contribution in [-0.2, 0) is 14.4 Å². The number of anilines is 3. The number of carbonyl (C=O) groups excluding carboxylic acids is 3. The Balaban J connectivity index is 1.03. The Morgan fingerprint density at radius 3 is 1.53 bits per heavy atom. The minimum absolute atomic E-state index is 0.0749. The number of rotatable bonds is 13. The second-order valence-electron chi connectivity index (χ2n) is 10.8. The van der Waals surface area contributed by atoms with Crippen LogP contribution in [0.15, 0.2) is 54.6 Å². The van der Waals surface area contributed by atoms with Gasteiger partial charge in [0, 0.05) is 42.1 Å². The predicted molar refractivity (Wildman–Crippen MR) is 206 cm³/mol. The summed E-state index contributed by atoms with van der Waals surface area (Å²) in [5, 5.41) is 8.92. The maximum absolute atomic E-state index is 13.1. The van der Waals surface area contributed by atoms with Crippen molar-refractivity contribution >= 4 is 148 Å². The second-order valence-corrected chi connectivity index (χ2v) is 17.1. The van der Waals surface area contributed by atoms with E-state index in [2.05, 4.69) is 30.9 Å². The van der Waals surface area contributed by atoms with E-state index < -0.39 is 0 Å². The topological polar surface area (TPSA) is 135 Å². The number of amides is 3. The number of fused-ring (bicyclic) bond motifs is 3. The fourth-order valence-corrected chi connectivity index (χ4v) is 9.56. The van der Waals surface area contributed by atoms with Crippen LogP contribution < -0.4 is 16.0 Å². The third kappa shape index (κ3) is 9.22. The van der Waals surface area contributed by atoms with Gasteiger partial charge in [-0.05, 0) is 109 Å². The molecule has 0 bridgehead atoms. The largest absolute Gasteiger partial charge is 0.337 e. The molecule has 0 aliphatic heterocycles. The third-order valence-electron chi connectivity index (χ3n) is 7.20. The molecule has 6 N–H and O–H groups in total. The first-order valence-electron chi connectivity index (χ1n) is 14.5. The number of aromatic nitrogens is 3. The maximum atomic E-state index is 13.1. The Hall–Kier alpha value is -3.25. The van der Waals surface area contributed by atoms with E-state index in [4.69, 9.17) is 36.7 Å². The average Bonchev–Trinajstić information content (AvgIpc) is 3.70. The summed E-state index contributed by atoms with van der Waals surface area (Å²) in [5.41, 5.74) is 4.93. The Bertz CT molecular complexity index is 2280. The third-order valence-corrected chi connectivity index (χ3v) is 12.0. The van der Waals surface area contributed by atoms with Crippen molar-refractivity contribution in [2.45, 2.75) is 25.7 Å². The van der Waals surface area contributed by atoms with Crippen molar-refractivity contribution < 1.29 is 14.4 Å². The highest BCUT2D eigenvalue weighted by molar-refractivity contribution is 7.99. The van der Waals surface area contributed by atoms with E-state index in [1.54, 1.807) is 11.8 Å². The molecule has 0 aliphatic carbocycles. The highest BCUT2D eigenvalue weighted by Crippen LogP contribution is 2.27. The van der Waals surface area contributed by atoms with Gasteiger partial charge in [-0.2, -0.15) is 11.8 Å². The van der Waals surface area contributed by atoms with Gasteiger partial charge in [-0.15, -0.1) is 34.0 Å². The van der Waals surface area contributed by atoms with Gasteiger partial charge >= 0.3 is 0 Å². The summed E-state index contributed by atoms with van der Waals surface area (Å²) < 4.78 is 4.99. The molecular weight excluding hydrogens is 729 g/mol. The van der Waals surface area contributed by atoms with E-state index in [1.165, 1.54) is 34.0 Å². The van der Waals surface area contributed by atoms with Crippen molar-refractivity contribution in [1.29, 1.82) is 0 Å². The van der Waals surface area contributed by atoms with Gasteiger partial charge < -0.3 is 30.9 Å². The molecule has 1 unspecified atom stereocenters. The van der Waals surface area contributed by atoms with Crippen LogP contribution in [0.25, 0.3) is 30.6 Å². The first-order chi connectivity index (χ1) is 22.7. The molecule has 0 fully saturated rings. The van der Waals surface area contributed by atoms with Crippen molar-refractivity contribution in [3.8, 4) is 0 Å². The van der Waals surface area contributed by atoms with Crippen LogP contribution in [0.4, 0.5) is 17.1 Å². The van der Waals surface area contributed by atoms with Crippen LogP contribution in [0.5, 0.6) is 0 Å². The standard InChI is InChI=1S/C31H28N6O3S7/c38-26(32-17-2-5-20-23(12-17)45-29(41)35-20)8-1-16(11-28(40)34-19-4-7-22-25(14-19)47-31(43)37-22)15-44-10-9-27(39)33-18-3-6-21-24(13-18)46-30(42)36-21/h2-7,12-14,16H,1,8-11,15H2,(H,32,38)(H,33,39)(H,34,40)(H,35,41)(H,36,42)(H,37,43). The number of thiazole rings is 3. The molecular formula is C31H28N6O3S7. The van der Waals surface area contributed by atoms with E-state index in [-0.39, 0.29) is 36.5 Å². The number of nitrogens with one attached hydrogen (secondary N) is 6. The number of carbonyl (C=O) groups is 3. The van der Waals surface area contributed by atoms with Crippen LogP contribution in [0, 0.1) is 17.8 Å². The lowest BCUT2D eigenvalue weighted by atomic mass is 10.0. The molecule has 0 saturated carbocycles. The lowest BCUT2D eigenvalue weighted by Gasteiger charge is -2.17. The summed E-state index contributed by atoms with van der Waals surface area (Å²) in [5.74, 6) is 0.795. The first-order valence-corrected chi connectivity index (χ1v) is 19.4. The summed E-state index contributed by atoms with van der Waals surface area (Å²) in [4.78, 5) is 48.1. The molecule has 0 aliphatic rings. The Kier molecular flexibility index (Phi) is 11.0. The van der Waals surface area contributed by atoms with Gasteiger partial charge in [-0.25, -0.2) is 0 Å². The summed E-state index contributed by atoms with van der Waals surface area (Å²) in [7, 11) is 0. The molecule has 16 heteroatoms. The Morgan fingerprint density at radius 1 is 0.638 bits per heavy atom. The zero-order valence-electron chi connectivity index (χ0n) is 24.6. The summed E-state index contributed by atoms with van der Waals surface area (Å²) in [6, 6.07) is 17.0. The maximum Gasteiger partial charge on any atom is 0.225 e. The number of aromatic amines is 3. The molecule has 3 heterocycles. The molecule has 3 aromatic heterocycles. The van der Waals surface area contributed by atoms with Crippen LogP contribution in [0.2, 0.25) is 0 Å². The molecule has 0 spiro atoms. The highest BCUT2D eigenvalue weighted by atomic mass is 32.2. The monoisotopic (exact) mass is 756 g/mol. The number of hydrogen-bond acceptors (Lipinski definition) is 10. The first kappa shape index (κ1) is 33.6. The molecule has 3 aromatic carbocycles. The minimum Gasteiger partial charge on any atom is -0.337 e. The van der Waals surface area contributed by atoms with E-state index in [9.17, 15) is 14.4 Å². The van der Waals surface area contributed by atoms with Gasteiger partial charge in [0.25, 0.3) is 0 Å². The molecule has 0 radical (unpaired) electrons. The quantitative estimate of drug-likeness (QED) is 0.0511. The summed E-state index contributed by atoms with van der Waals surface area (Å²) in [6.07, 6.45) is 1.34. The molecule has 1 atom stereocenters. The number of H-pyrrole nitrogens is 3. The van der Waals surface area contributed by atoms with Crippen LogP contribution >= 0.6 is 82.4 Å². The van der Waals surface area contributed by atoms with Crippen LogP contribution in [0.1, 0.15) is 25.7 Å². The lowest BCUT2D eigenvalue weighted by Crippen LogP contribution is -2.20. The molecule has 6 aromatic rings. The second kappa shape index (κ2) is 15.3. The van der Waals surface area contributed by atoms with Crippen LogP contribution in [-0.4, -0.2) is 44.2 Å². The zero-order chi connectivity index (χ0) is 32.9. The SMILES string of the molecule is O=C(CCSCC(CCC(=O)Nc1ccc2[nH]c(=S)sc2c1)CC(=O)Nc1ccc2[nH]c(=S)sc2c1)Nc1ccc2[nH]c(=S)sc2c1. The Morgan fingerprint density at radius 2 is 1.06 bits per heavy atom. The molecule has 9 nitrogen and oxygen atoms in total. The number of benzene rings is 3. The molecule has 0 saturated heterocycles. The van der Waals surface area contributed by atoms with E-state index >= 15 is 0 Å². The van der Waals surface area contributed by atoms with Crippen molar-refractivity contribution in [1.82, 2.24) is 15.0 Å². The van der Waals surface area contributed by atoms with Gasteiger partial charge in [0.15, 0.2) is 11.9 Å². The fourth-order valence-electron chi connectivity index (χ4n) is 4.99. The van der Waals surface area contributed by atoms with Crippen molar-refractivity contribution in [2.75, 3.05) is 27.5 Å². The van der Waals surface area contributed by atoms with E-state index in [1.807, 2.05) is 54.6 Å². The predicted octanol–water partition coefficient (Wildman–Crippen LogP) is 9.63. The van der Waals surface area contributed by atoms with Gasteiger partial charge in [0.1, 0.15) is 0 Å². The van der Waals surface area contributed by atoms with Gasteiger partial charge in [0.2, 0.25) is 17.7 Å². The smallest absolute Gasteiger partial charge is 0.225 e. The van der Waals surface area contributed by atoms with E-state index in [0.717, 1.165) is 36.3 Å². The molecule has 47 heavy (non-hydrogen) atoms. The number of thioether (sulfide) groups is 1. The zero-order valence-corrected chi connectivity index (χ0v) is 30.3.